The first-order chi connectivity index (χ1) is 15.9. The molecule has 0 saturated heterocycles. The number of unbranched alkanes of at least 4 members (excludes halogenated alkanes) is 2. The zero-order valence-electron chi connectivity index (χ0n) is 19.6. The maximum atomic E-state index is 10.9. The van der Waals surface area contributed by atoms with E-state index in [-0.39, 0.29) is 12.5 Å². The van der Waals surface area contributed by atoms with Crippen molar-refractivity contribution in [1.82, 2.24) is 9.55 Å². The van der Waals surface area contributed by atoms with Crippen LogP contribution in [-0.2, 0) is 11.3 Å². The molecule has 178 valence electrons. The lowest BCUT2D eigenvalue weighted by molar-refractivity contribution is -0.137. The average molecular weight is 473 g/mol. The second kappa shape index (κ2) is 11.9. The first-order valence-corrected chi connectivity index (χ1v) is 12.1. The van der Waals surface area contributed by atoms with Crippen LogP contribution in [0, 0.1) is 6.92 Å². The van der Waals surface area contributed by atoms with E-state index in [9.17, 15) is 4.79 Å². The Bertz CT molecular complexity index is 1080. The molecule has 1 unspecified atom stereocenters. The molecule has 1 N–H and O–H groups in total. The Morgan fingerprint density at radius 3 is 2.64 bits per heavy atom. The SMILES string of the molecule is CCCCCOc1ccc(Cn2c(C)nc3cc(OC(CC)CCC(=O)O)ccc32)c(Cl)c1. The lowest BCUT2D eigenvalue weighted by atomic mass is 10.1. The molecule has 0 saturated carbocycles. The predicted molar refractivity (Wildman–Crippen MR) is 132 cm³/mol. The zero-order valence-corrected chi connectivity index (χ0v) is 20.4. The van der Waals surface area contributed by atoms with Gasteiger partial charge in [-0.25, -0.2) is 4.98 Å². The van der Waals surface area contributed by atoms with Gasteiger partial charge in [0.2, 0.25) is 0 Å². The number of hydrogen-bond acceptors (Lipinski definition) is 4. The van der Waals surface area contributed by atoms with Gasteiger partial charge in [0.25, 0.3) is 0 Å². The molecule has 7 heteroatoms. The summed E-state index contributed by atoms with van der Waals surface area (Å²) in [6.07, 6.45) is 4.55. The normalized spacial score (nSPS) is 12.1. The van der Waals surface area contributed by atoms with Gasteiger partial charge in [-0.2, -0.15) is 0 Å². The van der Waals surface area contributed by atoms with Crippen molar-refractivity contribution in [3.05, 3.63) is 52.8 Å². The minimum Gasteiger partial charge on any atom is -0.494 e. The summed E-state index contributed by atoms with van der Waals surface area (Å²) in [5.74, 6) is 1.57. The summed E-state index contributed by atoms with van der Waals surface area (Å²) >= 11 is 6.56. The highest BCUT2D eigenvalue weighted by atomic mass is 35.5. The standard InChI is InChI=1S/C26H33ClN2O4/c1-4-6-7-14-32-21-9-8-19(23(27)15-21)17-29-18(3)28-24-16-22(10-12-25(24)29)33-20(5-2)11-13-26(30)31/h8-10,12,15-16,20H,4-7,11,13-14,17H2,1-3H3,(H,30,31). The number of benzene rings is 2. The summed E-state index contributed by atoms with van der Waals surface area (Å²) < 4.78 is 14.0. The Hall–Kier alpha value is -2.73. The number of aliphatic carboxylic acids is 1. The van der Waals surface area contributed by atoms with E-state index in [2.05, 4.69) is 11.5 Å². The minimum absolute atomic E-state index is 0.0951. The molecule has 3 rings (SSSR count). The van der Waals surface area contributed by atoms with Crippen LogP contribution in [0.2, 0.25) is 5.02 Å². The van der Waals surface area contributed by atoms with Crippen molar-refractivity contribution in [3.63, 3.8) is 0 Å². The third-order valence-corrected chi connectivity index (χ3v) is 6.07. The van der Waals surface area contributed by atoms with Crippen molar-refractivity contribution in [3.8, 4) is 11.5 Å². The van der Waals surface area contributed by atoms with Crippen molar-refractivity contribution < 1.29 is 19.4 Å². The predicted octanol–water partition coefficient (Wildman–Crippen LogP) is 6.64. The molecular weight excluding hydrogens is 440 g/mol. The zero-order chi connectivity index (χ0) is 23.8. The number of carboxylic acids is 1. The van der Waals surface area contributed by atoms with E-state index >= 15 is 0 Å². The number of fused-ring (bicyclic) bond motifs is 1. The van der Waals surface area contributed by atoms with Crippen LogP contribution in [0.15, 0.2) is 36.4 Å². The van der Waals surface area contributed by atoms with E-state index in [0.29, 0.717) is 30.3 Å². The summed E-state index contributed by atoms with van der Waals surface area (Å²) in [4.78, 5) is 15.6. The highest BCUT2D eigenvalue weighted by Crippen LogP contribution is 2.28. The van der Waals surface area contributed by atoms with E-state index in [1.165, 1.54) is 6.42 Å². The number of imidazole rings is 1. The van der Waals surface area contributed by atoms with Crippen LogP contribution < -0.4 is 9.47 Å². The molecule has 0 amide bonds. The Morgan fingerprint density at radius 1 is 1.15 bits per heavy atom. The van der Waals surface area contributed by atoms with Crippen molar-refractivity contribution >= 4 is 28.6 Å². The van der Waals surface area contributed by atoms with Gasteiger partial charge in [0, 0.05) is 17.5 Å². The Balaban J connectivity index is 1.72. The van der Waals surface area contributed by atoms with Gasteiger partial charge in [0.05, 0.1) is 30.3 Å². The first-order valence-electron chi connectivity index (χ1n) is 11.7. The monoisotopic (exact) mass is 472 g/mol. The van der Waals surface area contributed by atoms with E-state index in [1.807, 2.05) is 50.2 Å². The third kappa shape index (κ3) is 6.87. The number of carboxylic acid groups (broad SMARTS) is 1. The highest BCUT2D eigenvalue weighted by Gasteiger charge is 2.14. The molecule has 0 aliphatic heterocycles. The number of halogens is 1. The molecule has 0 aliphatic rings. The van der Waals surface area contributed by atoms with Gasteiger partial charge in [-0.05, 0) is 56.0 Å². The topological polar surface area (TPSA) is 73.6 Å². The number of hydrogen-bond donors (Lipinski definition) is 1. The van der Waals surface area contributed by atoms with E-state index in [1.54, 1.807) is 0 Å². The summed E-state index contributed by atoms with van der Waals surface area (Å²) in [6, 6.07) is 11.7. The van der Waals surface area contributed by atoms with Gasteiger partial charge >= 0.3 is 5.97 Å². The smallest absolute Gasteiger partial charge is 0.303 e. The maximum absolute atomic E-state index is 10.9. The Morgan fingerprint density at radius 2 is 1.94 bits per heavy atom. The van der Waals surface area contributed by atoms with Crippen LogP contribution in [0.1, 0.15) is 63.8 Å². The molecule has 1 aromatic heterocycles. The van der Waals surface area contributed by atoms with Crippen LogP contribution in [-0.4, -0.2) is 33.3 Å². The lowest BCUT2D eigenvalue weighted by Crippen LogP contribution is -2.16. The van der Waals surface area contributed by atoms with Crippen LogP contribution in [0.5, 0.6) is 11.5 Å². The van der Waals surface area contributed by atoms with Crippen molar-refractivity contribution in [2.75, 3.05) is 6.61 Å². The largest absolute Gasteiger partial charge is 0.494 e. The molecule has 1 heterocycles. The molecule has 0 radical (unpaired) electrons. The van der Waals surface area contributed by atoms with Crippen molar-refractivity contribution in [1.29, 1.82) is 0 Å². The molecule has 6 nitrogen and oxygen atoms in total. The fourth-order valence-electron chi connectivity index (χ4n) is 3.78. The van der Waals surface area contributed by atoms with E-state index in [4.69, 9.17) is 31.2 Å². The molecule has 3 aromatic rings. The Kier molecular flexibility index (Phi) is 9.01. The lowest BCUT2D eigenvalue weighted by Gasteiger charge is -2.17. The summed E-state index contributed by atoms with van der Waals surface area (Å²) in [5, 5.41) is 9.60. The second-order valence-electron chi connectivity index (χ2n) is 8.28. The number of aryl methyl sites for hydroxylation is 1. The van der Waals surface area contributed by atoms with Crippen LogP contribution in [0.25, 0.3) is 11.0 Å². The van der Waals surface area contributed by atoms with Gasteiger partial charge in [0.15, 0.2) is 0 Å². The van der Waals surface area contributed by atoms with Crippen LogP contribution >= 0.6 is 11.6 Å². The van der Waals surface area contributed by atoms with Gasteiger partial charge in [-0.1, -0.05) is 44.4 Å². The number of carbonyl (C=O) groups is 1. The molecule has 0 aliphatic carbocycles. The van der Waals surface area contributed by atoms with Crippen molar-refractivity contribution in [2.45, 2.75) is 71.9 Å². The average Bonchev–Trinajstić information content (AvgIpc) is 3.09. The quantitative estimate of drug-likeness (QED) is 0.282. The van der Waals surface area contributed by atoms with Crippen LogP contribution in [0.4, 0.5) is 0 Å². The van der Waals surface area contributed by atoms with Gasteiger partial charge in [-0.3, -0.25) is 4.79 Å². The molecular formula is C26H33ClN2O4. The molecule has 0 fully saturated rings. The van der Waals surface area contributed by atoms with Gasteiger partial charge in [0.1, 0.15) is 17.3 Å². The fourth-order valence-corrected chi connectivity index (χ4v) is 4.01. The molecule has 0 bridgehead atoms. The highest BCUT2D eigenvalue weighted by molar-refractivity contribution is 6.31. The van der Waals surface area contributed by atoms with E-state index < -0.39 is 5.97 Å². The number of aromatic nitrogens is 2. The first kappa shape index (κ1) is 24.9. The third-order valence-electron chi connectivity index (χ3n) is 5.72. The summed E-state index contributed by atoms with van der Waals surface area (Å²) in [5.41, 5.74) is 2.83. The fraction of sp³-hybridized carbons (Fsp3) is 0.462. The molecule has 0 spiro atoms. The van der Waals surface area contributed by atoms with Gasteiger partial charge in [-0.15, -0.1) is 0 Å². The maximum Gasteiger partial charge on any atom is 0.303 e. The number of ether oxygens (including phenoxy) is 2. The number of rotatable bonds is 13. The summed E-state index contributed by atoms with van der Waals surface area (Å²) in [7, 11) is 0. The van der Waals surface area contributed by atoms with Gasteiger partial charge < -0.3 is 19.1 Å². The molecule has 33 heavy (non-hydrogen) atoms. The summed E-state index contributed by atoms with van der Waals surface area (Å²) in [6.45, 7) is 7.45. The molecule has 2 aromatic carbocycles. The van der Waals surface area contributed by atoms with Crippen LogP contribution in [0.3, 0.4) is 0 Å². The van der Waals surface area contributed by atoms with Crippen molar-refractivity contribution in [2.24, 2.45) is 0 Å². The molecule has 1 atom stereocenters. The Labute approximate surface area is 200 Å². The minimum atomic E-state index is -0.809. The van der Waals surface area contributed by atoms with E-state index in [0.717, 1.165) is 47.4 Å². The second-order valence-corrected chi connectivity index (χ2v) is 8.69. The number of nitrogens with zero attached hydrogens (tertiary/aromatic N) is 2.